The molecule has 0 aromatic heterocycles. The highest BCUT2D eigenvalue weighted by atomic mass is 14.2. The number of hydrogen-bond donors (Lipinski definition) is 0. The molecular weight excluding hydrogens is 180 g/mol. The maximum Gasteiger partial charge on any atom is -0.0126 e. The van der Waals surface area contributed by atoms with Gasteiger partial charge in [0, 0.05) is 0 Å². The van der Waals surface area contributed by atoms with Crippen molar-refractivity contribution in [1.82, 2.24) is 0 Å². The van der Waals surface area contributed by atoms with Crippen LogP contribution in [0.5, 0.6) is 0 Å². The Labute approximate surface area is 94.0 Å². The van der Waals surface area contributed by atoms with Gasteiger partial charge in [0.1, 0.15) is 0 Å². The monoisotopic (exact) mass is 202 g/mol. The van der Waals surface area contributed by atoms with Gasteiger partial charge in [-0.1, -0.05) is 58.0 Å². The van der Waals surface area contributed by atoms with E-state index in [1.807, 2.05) is 0 Å². The highest BCUT2D eigenvalue weighted by Gasteiger charge is 2.18. The van der Waals surface area contributed by atoms with Gasteiger partial charge >= 0.3 is 0 Å². The van der Waals surface area contributed by atoms with E-state index in [-0.39, 0.29) is 5.41 Å². The Bertz CT molecular complexity index is 364. The average Bonchev–Trinajstić information content (AvgIpc) is 2.15. The minimum atomic E-state index is 0.194. The van der Waals surface area contributed by atoms with E-state index in [1.54, 1.807) is 0 Å². The van der Waals surface area contributed by atoms with Crippen molar-refractivity contribution in [2.45, 2.75) is 46.5 Å². The molecule has 0 nitrogen and oxygen atoms in total. The molecule has 0 fully saturated rings. The Hall–Kier alpha value is -1.04. The number of hydrogen-bond acceptors (Lipinski definition) is 0. The number of benzene rings is 1. The van der Waals surface area contributed by atoms with Gasteiger partial charge in [-0.2, -0.15) is 0 Å². The van der Waals surface area contributed by atoms with Gasteiger partial charge in [-0.25, -0.2) is 0 Å². The molecule has 0 spiro atoms. The van der Waals surface area contributed by atoms with Crippen LogP contribution in [0.2, 0.25) is 0 Å². The molecule has 0 heteroatoms. The molecular formula is C15H22. The van der Waals surface area contributed by atoms with Gasteiger partial charge in [-0.05, 0) is 35.5 Å². The third-order valence-corrected chi connectivity index (χ3v) is 2.79. The highest BCUT2D eigenvalue weighted by molar-refractivity contribution is 5.67. The standard InChI is InChI=1S/C15H22/c1-7-12(3)13-9-8-11(2)10-14(13)15(4,5)6/h8-10H,3,7H2,1-2,4-6H3. The van der Waals surface area contributed by atoms with E-state index in [9.17, 15) is 0 Å². The van der Waals surface area contributed by atoms with Crippen LogP contribution >= 0.6 is 0 Å². The van der Waals surface area contributed by atoms with E-state index in [0.717, 1.165) is 6.42 Å². The molecule has 0 atom stereocenters. The summed E-state index contributed by atoms with van der Waals surface area (Å²) in [4.78, 5) is 0. The predicted molar refractivity (Wildman–Crippen MR) is 69.2 cm³/mol. The third-order valence-electron chi connectivity index (χ3n) is 2.79. The van der Waals surface area contributed by atoms with Gasteiger partial charge in [-0.15, -0.1) is 0 Å². The minimum absolute atomic E-state index is 0.194. The molecule has 0 aliphatic carbocycles. The van der Waals surface area contributed by atoms with Crippen LogP contribution in [0.3, 0.4) is 0 Å². The van der Waals surface area contributed by atoms with Gasteiger partial charge < -0.3 is 0 Å². The van der Waals surface area contributed by atoms with Crippen molar-refractivity contribution in [3.8, 4) is 0 Å². The molecule has 1 aromatic carbocycles. The Morgan fingerprint density at radius 1 is 1.27 bits per heavy atom. The molecule has 1 aromatic rings. The Morgan fingerprint density at radius 2 is 1.87 bits per heavy atom. The fourth-order valence-corrected chi connectivity index (χ4v) is 1.78. The molecule has 0 bridgehead atoms. The molecule has 0 amide bonds. The molecule has 1 rings (SSSR count). The van der Waals surface area contributed by atoms with Gasteiger partial charge in [0.2, 0.25) is 0 Å². The summed E-state index contributed by atoms with van der Waals surface area (Å²) in [7, 11) is 0. The Balaban J connectivity index is 3.33. The molecule has 0 saturated carbocycles. The first kappa shape index (κ1) is 12.0. The molecule has 0 aliphatic rings. The van der Waals surface area contributed by atoms with E-state index in [2.05, 4.69) is 59.4 Å². The van der Waals surface area contributed by atoms with E-state index in [4.69, 9.17) is 0 Å². The zero-order valence-corrected chi connectivity index (χ0v) is 10.6. The van der Waals surface area contributed by atoms with Crippen LogP contribution in [0, 0.1) is 6.92 Å². The van der Waals surface area contributed by atoms with Crippen LogP contribution in [-0.2, 0) is 5.41 Å². The SMILES string of the molecule is C=C(CC)c1ccc(C)cc1C(C)(C)C. The normalized spacial score (nSPS) is 11.5. The van der Waals surface area contributed by atoms with Crippen LogP contribution in [0.15, 0.2) is 24.8 Å². The first-order chi connectivity index (χ1) is 6.86. The molecule has 15 heavy (non-hydrogen) atoms. The average molecular weight is 202 g/mol. The summed E-state index contributed by atoms with van der Waals surface area (Å²) in [6, 6.07) is 6.67. The predicted octanol–water partition coefficient (Wildman–Crippen LogP) is 4.72. The first-order valence-electron chi connectivity index (χ1n) is 5.65. The van der Waals surface area contributed by atoms with Crippen LogP contribution in [0.4, 0.5) is 0 Å². The molecule has 0 unspecified atom stereocenters. The second-order valence-corrected chi connectivity index (χ2v) is 5.26. The maximum atomic E-state index is 4.15. The fraction of sp³-hybridized carbons (Fsp3) is 0.467. The molecule has 82 valence electrons. The summed E-state index contributed by atoms with van der Waals surface area (Å²) in [5, 5.41) is 0. The largest absolute Gasteiger partial charge is 0.0952 e. The lowest BCUT2D eigenvalue weighted by atomic mass is 9.81. The molecule has 0 aliphatic heterocycles. The topological polar surface area (TPSA) is 0 Å². The zero-order valence-electron chi connectivity index (χ0n) is 10.6. The second-order valence-electron chi connectivity index (χ2n) is 5.26. The lowest BCUT2D eigenvalue weighted by Crippen LogP contribution is -2.14. The van der Waals surface area contributed by atoms with Crippen LogP contribution in [0.25, 0.3) is 5.57 Å². The van der Waals surface area contributed by atoms with Gasteiger partial charge in [0.05, 0.1) is 0 Å². The molecule has 0 N–H and O–H groups in total. The van der Waals surface area contributed by atoms with E-state index < -0.39 is 0 Å². The highest BCUT2D eigenvalue weighted by Crippen LogP contribution is 2.31. The van der Waals surface area contributed by atoms with Gasteiger partial charge in [0.15, 0.2) is 0 Å². The van der Waals surface area contributed by atoms with Gasteiger partial charge in [-0.3, -0.25) is 0 Å². The zero-order chi connectivity index (χ0) is 11.6. The lowest BCUT2D eigenvalue weighted by Gasteiger charge is -2.24. The lowest BCUT2D eigenvalue weighted by molar-refractivity contribution is 0.588. The fourth-order valence-electron chi connectivity index (χ4n) is 1.78. The minimum Gasteiger partial charge on any atom is -0.0952 e. The number of allylic oxidation sites excluding steroid dienone is 1. The van der Waals surface area contributed by atoms with Crippen molar-refractivity contribution in [3.05, 3.63) is 41.5 Å². The summed E-state index contributed by atoms with van der Waals surface area (Å²) in [6.07, 6.45) is 1.02. The van der Waals surface area contributed by atoms with Crippen molar-refractivity contribution < 1.29 is 0 Å². The summed E-state index contributed by atoms with van der Waals surface area (Å²) in [5.41, 5.74) is 5.50. The molecule has 0 radical (unpaired) electrons. The van der Waals surface area contributed by atoms with Crippen LogP contribution < -0.4 is 0 Å². The Kier molecular flexibility index (Phi) is 3.38. The second kappa shape index (κ2) is 4.22. The summed E-state index contributed by atoms with van der Waals surface area (Å²) in [5.74, 6) is 0. The molecule has 0 heterocycles. The van der Waals surface area contributed by atoms with Crippen molar-refractivity contribution in [2.75, 3.05) is 0 Å². The first-order valence-corrected chi connectivity index (χ1v) is 5.65. The number of rotatable bonds is 2. The molecule has 0 saturated heterocycles. The van der Waals surface area contributed by atoms with Crippen molar-refractivity contribution in [2.24, 2.45) is 0 Å². The van der Waals surface area contributed by atoms with E-state index in [1.165, 1.54) is 22.3 Å². The van der Waals surface area contributed by atoms with Crippen molar-refractivity contribution in [1.29, 1.82) is 0 Å². The quantitative estimate of drug-likeness (QED) is 0.651. The van der Waals surface area contributed by atoms with Crippen LogP contribution in [-0.4, -0.2) is 0 Å². The number of aryl methyl sites for hydroxylation is 1. The summed E-state index contributed by atoms with van der Waals surface area (Å²) in [6.45, 7) is 15.2. The maximum absolute atomic E-state index is 4.15. The summed E-state index contributed by atoms with van der Waals surface area (Å²) < 4.78 is 0. The third kappa shape index (κ3) is 2.71. The summed E-state index contributed by atoms with van der Waals surface area (Å²) >= 11 is 0. The smallest absolute Gasteiger partial charge is 0.0126 e. The van der Waals surface area contributed by atoms with Crippen LogP contribution in [0.1, 0.15) is 50.8 Å². The van der Waals surface area contributed by atoms with Crippen molar-refractivity contribution in [3.63, 3.8) is 0 Å². The van der Waals surface area contributed by atoms with E-state index >= 15 is 0 Å². The Morgan fingerprint density at radius 3 is 2.33 bits per heavy atom. The van der Waals surface area contributed by atoms with Crippen molar-refractivity contribution >= 4 is 5.57 Å². The van der Waals surface area contributed by atoms with E-state index in [0.29, 0.717) is 0 Å². The van der Waals surface area contributed by atoms with Gasteiger partial charge in [0.25, 0.3) is 0 Å².